The van der Waals surface area contributed by atoms with Crippen molar-refractivity contribution in [2.24, 2.45) is 5.73 Å². The van der Waals surface area contributed by atoms with Gasteiger partial charge in [-0.25, -0.2) is 0 Å². The van der Waals surface area contributed by atoms with Crippen molar-refractivity contribution in [2.75, 3.05) is 11.9 Å². The number of hydrogen-bond donors (Lipinski definition) is 3. The Morgan fingerprint density at radius 3 is 2.90 bits per heavy atom. The zero-order valence-corrected chi connectivity index (χ0v) is 10.6. The number of H-pyrrole nitrogens is 1. The Labute approximate surface area is 115 Å². The maximum absolute atomic E-state index is 12.0. The van der Waals surface area contributed by atoms with Gasteiger partial charge in [-0.05, 0) is 24.3 Å². The summed E-state index contributed by atoms with van der Waals surface area (Å²) < 4.78 is 0. The molecule has 2 rings (SSSR count). The van der Waals surface area contributed by atoms with E-state index in [2.05, 4.69) is 22.1 Å². The molecule has 0 saturated carbocycles. The number of rotatable bonds is 2. The summed E-state index contributed by atoms with van der Waals surface area (Å²) in [5.41, 5.74) is 6.66. The zero-order chi connectivity index (χ0) is 14.4. The van der Waals surface area contributed by atoms with Crippen molar-refractivity contribution in [2.45, 2.75) is 0 Å². The van der Waals surface area contributed by atoms with Gasteiger partial charge in [0.1, 0.15) is 0 Å². The first-order valence-corrected chi connectivity index (χ1v) is 5.98. The Morgan fingerprint density at radius 2 is 2.15 bits per heavy atom. The first-order valence-electron chi connectivity index (χ1n) is 5.98. The molecule has 0 aliphatic heterocycles. The Balaban J connectivity index is 2.17. The van der Waals surface area contributed by atoms with Crippen LogP contribution < -0.4 is 16.6 Å². The highest BCUT2D eigenvalue weighted by Crippen LogP contribution is 2.11. The number of aromatic amines is 1. The van der Waals surface area contributed by atoms with Gasteiger partial charge >= 0.3 is 0 Å². The monoisotopic (exact) mass is 267 g/mol. The van der Waals surface area contributed by atoms with Gasteiger partial charge in [-0.3, -0.25) is 9.59 Å². The van der Waals surface area contributed by atoms with Crippen molar-refractivity contribution in [1.29, 1.82) is 0 Å². The summed E-state index contributed by atoms with van der Waals surface area (Å²) in [6, 6.07) is 9.88. The lowest BCUT2D eigenvalue weighted by atomic mass is 10.2. The lowest BCUT2D eigenvalue weighted by Gasteiger charge is -2.05. The number of anilines is 1. The Kier molecular flexibility index (Phi) is 4.32. The number of amides is 1. The third-order valence-electron chi connectivity index (χ3n) is 2.49. The van der Waals surface area contributed by atoms with Crippen molar-refractivity contribution in [1.82, 2.24) is 4.98 Å². The molecule has 1 amide bonds. The number of pyridine rings is 1. The summed E-state index contributed by atoms with van der Waals surface area (Å²) in [6.45, 7) is 0.281. The van der Waals surface area contributed by atoms with E-state index in [4.69, 9.17) is 5.73 Å². The van der Waals surface area contributed by atoms with Crippen LogP contribution in [-0.4, -0.2) is 17.4 Å². The second-order valence-electron chi connectivity index (χ2n) is 3.98. The van der Waals surface area contributed by atoms with E-state index in [0.717, 1.165) is 5.56 Å². The molecule has 4 N–H and O–H groups in total. The van der Waals surface area contributed by atoms with Crippen LogP contribution in [-0.2, 0) is 0 Å². The maximum atomic E-state index is 12.0. The molecular formula is C15H13N3O2. The van der Waals surface area contributed by atoms with Gasteiger partial charge in [-0.15, -0.1) is 0 Å². The number of hydrogen-bond acceptors (Lipinski definition) is 3. The molecule has 1 aromatic carbocycles. The van der Waals surface area contributed by atoms with Crippen LogP contribution in [0.2, 0.25) is 0 Å². The summed E-state index contributed by atoms with van der Waals surface area (Å²) in [6.07, 6.45) is 1.43. The van der Waals surface area contributed by atoms with Gasteiger partial charge in [-0.1, -0.05) is 17.9 Å². The van der Waals surface area contributed by atoms with Crippen molar-refractivity contribution in [3.05, 3.63) is 64.1 Å². The van der Waals surface area contributed by atoms with Gasteiger partial charge in [0.15, 0.2) is 0 Å². The van der Waals surface area contributed by atoms with E-state index in [1.54, 1.807) is 18.2 Å². The molecule has 0 fully saturated rings. The molecular weight excluding hydrogens is 254 g/mol. The standard InChI is InChI=1S/C15H13N3O2/c16-7-2-4-11-3-1-5-13(9-11)18-15(20)12-6-8-17-14(19)10-12/h1,3,5-6,8-10H,7,16H2,(H,17,19)(H,18,20). The van der Waals surface area contributed by atoms with Crippen LogP contribution in [0.5, 0.6) is 0 Å². The van der Waals surface area contributed by atoms with Crippen molar-refractivity contribution in [3.63, 3.8) is 0 Å². The quantitative estimate of drug-likeness (QED) is 0.707. The third-order valence-corrected chi connectivity index (χ3v) is 2.49. The highest BCUT2D eigenvalue weighted by molar-refractivity contribution is 6.04. The van der Waals surface area contributed by atoms with Gasteiger partial charge < -0.3 is 16.0 Å². The van der Waals surface area contributed by atoms with E-state index >= 15 is 0 Å². The van der Waals surface area contributed by atoms with Crippen LogP contribution in [0.15, 0.2) is 47.4 Å². The summed E-state index contributed by atoms with van der Waals surface area (Å²) in [4.78, 5) is 25.6. The van der Waals surface area contributed by atoms with Gasteiger partial charge in [0.2, 0.25) is 5.56 Å². The first kappa shape index (κ1) is 13.6. The summed E-state index contributed by atoms with van der Waals surface area (Å²) in [5.74, 6) is 5.28. The molecule has 0 spiro atoms. The molecule has 0 saturated heterocycles. The summed E-state index contributed by atoms with van der Waals surface area (Å²) in [5, 5.41) is 2.71. The highest BCUT2D eigenvalue weighted by Gasteiger charge is 2.06. The first-order chi connectivity index (χ1) is 9.69. The molecule has 1 aromatic heterocycles. The number of benzene rings is 1. The molecule has 0 atom stereocenters. The Bertz CT molecular complexity index is 738. The third kappa shape index (κ3) is 3.57. The Morgan fingerprint density at radius 1 is 1.30 bits per heavy atom. The molecule has 20 heavy (non-hydrogen) atoms. The van der Waals surface area contributed by atoms with Crippen LogP contribution in [0.4, 0.5) is 5.69 Å². The number of nitrogens with two attached hydrogens (primary N) is 1. The molecule has 0 unspecified atom stereocenters. The van der Waals surface area contributed by atoms with Crippen LogP contribution >= 0.6 is 0 Å². The average molecular weight is 267 g/mol. The van der Waals surface area contributed by atoms with Crippen LogP contribution in [0.1, 0.15) is 15.9 Å². The van der Waals surface area contributed by atoms with Gasteiger partial charge in [-0.2, -0.15) is 0 Å². The smallest absolute Gasteiger partial charge is 0.255 e. The molecule has 0 aliphatic carbocycles. The van der Waals surface area contributed by atoms with Gasteiger partial charge in [0.05, 0.1) is 6.54 Å². The van der Waals surface area contributed by atoms with E-state index in [-0.39, 0.29) is 18.0 Å². The molecule has 1 heterocycles. The van der Waals surface area contributed by atoms with E-state index in [0.29, 0.717) is 11.3 Å². The van der Waals surface area contributed by atoms with Gasteiger partial charge in [0, 0.05) is 29.1 Å². The predicted molar refractivity (Wildman–Crippen MR) is 77.4 cm³/mol. The minimum atomic E-state index is -0.347. The van der Waals surface area contributed by atoms with E-state index in [9.17, 15) is 9.59 Å². The average Bonchev–Trinajstić information content (AvgIpc) is 2.45. The molecule has 0 bridgehead atoms. The number of aromatic nitrogens is 1. The fourth-order valence-corrected chi connectivity index (χ4v) is 1.62. The molecule has 5 heteroatoms. The fourth-order valence-electron chi connectivity index (χ4n) is 1.62. The normalized spacial score (nSPS) is 9.45. The van der Waals surface area contributed by atoms with Crippen LogP contribution in [0.25, 0.3) is 0 Å². The van der Waals surface area contributed by atoms with Crippen LogP contribution in [0.3, 0.4) is 0 Å². The summed E-state index contributed by atoms with van der Waals surface area (Å²) in [7, 11) is 0. The van der Waals surface area contributed by atoms with E-state index < -0.39 is 0 Å². The summed E-state index contributed by atoms with van der Waals surface area (Å²) >= 11 is 0. The number of carbonyl (C=O) groups is 1. The molecule has 0 aliphatic rings. The zero-order valence-electron chi connectivity index (χ0n) is 10.6. The van der Waals surface area contributed by atoms with Crippen LogP contribution in [0, 0.1) is 11.8 Å². The number of nitrogens with one attached hydrogen (secondary N) is 2. The van der Waals surface area contributed by atoms with E-state index in [1.807, 2.05) is 6.07 Å². The fraction of sp³-hybridized carbons (Fsp3) is 0.0667. The topological polar surface area (TPSA) is 88.0 Å². The highest BCUT2D eigenvalue weighted by atomic mass is 16.2. The SMILES string of the molecule is NCC#Cc1cccc(NC(=O)c2cc[nH]c(=O)c2)c1. The lowest BCUT2D eigenvalue weighted by molar-refractivity contribution is 0.102. The second-order valence-corrected chi connectivity index (χ2v) is 3.98. The van der Waals surface area contributed by atoms with Crippen molar-refractivity contribution >= 4 is 11.6 Å². The maximum Gasteiger partial charge on any atom is 0.255 e. The number of carbonyl (C=O) groups excluding carboxylic acids is 1. The molecule has 2 aromatic rings. The van der Waals surface area contributed by atoms with E-state index in [1.165, 1.54) is 18.3 Å². The van der Waals surface area contributed by atoms with Gasteiger partial charge in [0.25, 0.3) is 5.91 Å². The molecule has 100 valence electrons. The predicted octanol–water partition coefficient (Wildman–Crippen LogP) is 0.937. The minimum Gasteiger partial charge on any atom is -0.329 e. The Hall–Kier alpha value is -2.84. The largest absolute Gasteiger partial charge is 0.329 e. The molecule has 5 nitrogen and oxygen atoms in total. The second kappa shape index (κ2) is 6.36. The lowest BCUT2D eigenvalue weighted by Crippen LogP contribution is -2.15. The van der Waals surface area contributed by atoms with Crippen molar-refractivity contribution < 1.29 is 4.79 Å². The molecule has 0 radical (unpaired) electrons. The minimum absolute atomic E-state index is 0.281. The van der Waals surface area contributed by atoms with Crippen molar-refractivity contribution in [3.8, 4) is 11.8 Å².